The maximum absolute atomic E-state index is 13.6. The second-order valence-electron chi connectivity index (χ2n) is 8.83. The molecule has 0 aliphatic rings. The maximum atomic E-state index is 13.6. The van der Waals surface area contributed by atoms with Gasteiger partial charge in [-0.3, -0.25) is 14.5 Å². The van der Waals surface area contributed by atoms with Crippen LogP contribution < -0.4 is 10.2 Å². The van der Waals surface area contributed by atoms with Gasteiger partial charge in [-0.05, 0) is 54.8 Å². The van der Waals surface area contributed by atoms with Gasteiger partial charge < -0.3 is 5.32 Å². The van der Waals surface area contributed by atoms with Crippen molar-refractivity contribution in [2.24, 2.45) is 0 Å². The molecule has 1 heterocycles. The Kier molecular flexibility index (Phi) is 8.02. The SMILES string of the molecule is CC[C@@H](C(=O)NCc1ccc(F)cc1)N(C(=O)Cn1nnc(-c2ccc(C)cc2)n1)c1ccccc1C. The van der Waals surface area contributed by atoms with Crippen LogP contribution in [0.25, 0.3) is 11.4 Å². The van der Waals surface area contributed by atoms with Crippen LogP contribution in [0.15, 0.2) is 72.8 Å². The number of nitrogens with zero attached hydrogens (tertiary/aromatic N) is 5. The van der Waals surface area contributed by atoms with E-state index in [1.165, 1.54) is 21.8 Å². The molecule has 0 unspecified atom stereocenters. The molecule has 4 aromatic rings. The molecule has 0 saturated heterocycles. The first-order valence-corrected chi connectivity index (χ1v) is 12.1. The molecule has 4 rings (SSSR count). The van der Waals surface area contributed by atoms with Crippen molar-refractivity contribution in [3.8, 4) is 11.4 Å². The van der Waals surface area contributed by atoms with E-state index in [1.807, 2.05) is 69.3 Å². The lowest BCUT2D eigenvalue weighted by molar-refractivity contribution is -0.127. The van der Waals surface area contributed by atoms with Crippen LogP contribution in [-0.4, -0.2) is 38.1 Å². The second kappa shape index (κ2) is 11.6. The Bertz CT molecular complexity index is 1370. The van der Waals surface area contributed by atoms with Crippen LogP contribution in [0.4, 0.5) is 10.1 Å². The first-order valence-electron chi connectivity index (χ1n) is 12.1. The molecule has 37 heavy (non-hydrogen) atoms. The molecule has 8 nitrogen and oxygen atoms in total. The molecule has 0 aliphatic heterocycles. The largest absolute Gasteiger partial charge is 0.350 e. The molecule has 0 spiro atoms. The first kappa shape index (κ1) is 25.7. The lowest BCUT2D eigenvalue weighted by Crippen LogP contribution is -2.51. The van der Waals surface area contributed by atoms with E-state index < -0.39 is 6.04 Å². The van der Waals surface area contributed by atoms with Gasteiger partial charge in [0, 0.05) is 17.8 Å². The van der Waals surface area contributed by atoms with E-state index in [0.717, 1.165) is 22.3 Å². The quantitative estimate of drug-likeness (QED) is 0.371. The molecule has 0 bridgehead atoms. The molecule has 9 heteroatoms. The number of para-hydroxylation sites is 1. The summed E-state index contributed by atoms with van der Waals surface area (Å²) < 4.78 is 13.2. The number of hydrogen-bond donors (Lipinski definition) is 1. The van der Waals surface area contributed by atoms with Gasteiger partial charge in [0.1, 0.15) is 18.4 Å². The maximum Gasteiger partial charge on any atom is 0.251 e. The number of carbonyl (C=O) groups is 2. The van der Waals surface area contributed by atoms with Gasteiger partial charge in [-0.2, -0.15) is 4.80 Å². The number of amides is 2. The van der Waals surface area contributed by atoms with Gasteiger partial charge in [0.05, 0.1) is 0 Å². The highest BCUT2D eigenvalue weighted by Gasteiger charge is 2.31. The van der Waals surface area contributed by atoms with Crippen molar-refractivity contribution >= 4 is 17.5 Å². The minimum absolute atomic E-state index is 0.186. The van der Waals surface area contributed by atoms with Gasteiger partial charge in [0.15, 0.2) is 0 Å². The fourth-order valence-electron chi connectivity index (χ4n) is 4.03. The second-order valence-corrected chi connectivity index (χ2v) is 8.83. The molecular formula is C28H29FN6O2. The number of nitrogens with one attached hydrogen (secondary N) is 1. The summed E-state index contributed by atoms with van der Waals surface area (Å²) in [7, 11) is 0. The van der Waals surface area contributed by atoms with Crippen LogP contribution in [-0.2, 0) is 22.7 Å². The topological polar surface area (TPSA) is 93.0 Å². The number of tetrazole rings is 1. The van der Waals surface area contributed by atoms with Crippen LogP contribution in [0.2, 0.25) is 0 Å². The summed E-state index contributed by atoms with van der Waals surface area (Å²) in [6, 6.07) is 20.3. The van der Waals surface area contributed by atoms with Gasteiger partial charge >= 0.3 is 0 Å². The van der Waals surface area contributed by atoms with E-state index in [1.54, 1.807) is 12.1 Å². The molecule has 1 aromatic heterocycles. The van der Waals surface area contributed by atoms with Crippen molar-refractivity contribution in [2.45, 2.75) is 46.3 Å². The van der Waals surface area contributed by atoms with E-state index in [4.69, 9.17) is 0 Å². The highest BCUT2D eigenvalue weighted by molar-refractivity contribution is 6.01. The van der Waals surface area contributed by atoms with Crippen molar-refractivity contribution in [1.82, 2.24) is 25.5 Å². The molecule has 0 fully saturated rings. The zero-order valence-corrected chi connectivity index (χ0v) is 21.1. The molecule has 190 valence electrons. The van der Waals surface area contributed by atoms with E-state index in [0.29, 0.717) is 17.9 Å². The third-order valence-corrected chi connectivity index (χ3v) is 6.06. The van der Waals surface area contributed by atoms with Gasteiger partial charge in [-0.15, -0.1) is 10.2 Å². The minimum Gasteiger partial charge on any atom is -0.350 e. The highest BCUT2D eigenvalue weighted by atomic mass is 19.1. The Labute approximate surface area is 215 Å². The summed E-state index contributed by atoms with van der Waals surface area (Å²) in [6.07, 6.45) is 0.384. The normalized spacial score (nSPS) is 11.7. The van der Waals surface area contributed by atoms with E-state index in [9.17, 15) is 14.0 Å². The number of rotatable bonds is 9. The summed E-state index contributed by atoms with van der Waals surface area (Å²) in [4.78, 5) is 29.7. The van der Waals surface area contributed by atoms with Crippen LogP contribution in [0.3, 0.4) is 0 Å². The highest BCUT2D eigenvalue weighted by Crippen LogP contribution is 2.24. The van der Waals surface area contributed by atoms with Crippen LogP contribution in [0.5, 0.6) is 0 Å². The van der Waals surface area contributed by atoms with Crippen molar-refractivity contribution in [3.05, 3.63) is 95.3 Å². The molecule has 1 atom stereocenters. The Morgan fingerprint density at radius 1 is 1.00 bits per heavy atom. The number of aryl methyl sites for hydroxylation is 2. The van der Waals surface area contributed by atoms with Gasteiger partial charge in [-0.25, -0.2) is 4.39 Å². The number of hydrogen-bond acceptors (Lipinski definition) is 5. The van der Waals surface area contributed by atoms with Gasteiger partial charge in [0.25, 0.3) is 5.91 Å². The zero-order chi connectivity index (χ0) is 26.4. The summed E-state index contributed by atoms with van der Waals surface area (Å²) in [5.41, 5.74) is 4.16. The monoisotopic (exact) mass is 500 g/mol. The summed E-state index contributed by atoms with van der Waals surface area (Å²) in [5.74, 6) is -0.578. The third-order valence-electron chi connectivity index (χ3n) is 6.06. The summed E-state index contributed by atoms with van der Waals surface area (Å²) in [5, 5.41) is 15.4. The molecule has 1 N–H and O–H groups in total. The van der Waals surface area contributed by atoms with Gasteiger partial charge in [-0.1, -0.05) is 67.1 Å². The van der Waals surface area contributed by atoms with Crippen molar-refractivity contribution in [3.63, 3.8) is 0 Å². The molecular weight excluding hydrogens is 471 g/mol. The fraction of sp³-hybridized carbons (Fsp3) is 0.250. The van der Waals surface area contributed by atoms with Crippen molar-refractivity contribution < 1.29 is 14.0 Å². The molecule has 0 radical (unpaired) electrons. The summed E-state index contributed by atoms with van der Waals surface area (Å²) >= 11 is 0. The lowest BCUT2D eigenvalue weighted by atomic mass is 10.1. The number of benzene rings is 3. The predicted molar refractivity (Wildman–Crippen MR) is 139 cm³/mol. The number of halogens is 1. The Morgan fingerprint density at radius 2 is 1.70 bits per heavy atom. The molecule has 0 aliphatic carbocycles. The number of carbonyl (C=O) groups excluding carboxylic acids is 2. The third kappa shape index (κ3) is 6.24. The van der Waals surface area contributed by atoms with Crippen LogP contribution in [0, 0.1) is 19.7 Å². The Morgan fingerprint density at radius 3 is 2.38 bits per heavy atom. The smallest absolute Gasteiger partial charge is 0.251 e. The molecule has 3 aromatic carbocycles. The number of anilines is 1. The molecule has 2 amide bonds. The lowest BCUT2D eigenvalue weighted by Gasteiger charge is -2.31. The van der Waals surface area contributed by atoms with Crippen LogP contribution >= 0.6 is 0 Å². The van der Waals surface area contributed by atoms with Gasteiger partial charge in [0.2, 0.25) is 11.7 Å². The average Bonchev–Trinajstić information content (AvgIpc) is 3.36. The van der Waals surface area contributed by atoms with E-state index in [-0.39, 0.29) is 30.7 Å². The minimum atomic E-state index is -0.769. The Hall–Kier alpha value is -4.40. The molecule has 0 saturated carbocycles. The standard InChI is InChI=1S/C28H29FN6O2/c1-4-24(28(37)30-17-21-11-15-23(29)16-12-21)35(25-8-6-5-7-20(25)3)26(36)18-34-32-27(31-33-34)22-13-9-19(2)10-14-22/h5-16,24H,4,17-18H2,1-3H3,(H,30,37)/t24-/m0/s1. The van der Waals surface area contributed by atoms with Crippen molar-refractivity contribution in [2.75, 3.05) is 4.90 Å². The summed E-state index contributed by atoms with van der Waals surface area (Å²) in [6.45, 7) is 5.77. The Balaban J connectivity index is 1.56. The number of aromatic nitrogens is 4. The van der Waals surface area contributed by atoms with E-state index >= 15 is 0 Å². The zero-order valence-electron chi connectivity index (χ0n) is 21.1. The fourth-order valence-corrected chi connectivity index (χ4v) is 4.03. The predicted octanol–water partition coefficient (Wildman–Crippen LogP) is 4.22. The van der Waals surface area contributed by atoms with Crippen molar-refractivity contribution in [1.29, 1.82) is 0 Å². The van der Waals surface area contributed by atoms with E-state index in [2.05, 4.69) is 20.7 Å². The first-order chi connectivity index (χ1) is 17.9. The average molecular weight is 501 g/mol. The van der Waals surface area contributed by atoms with Crippen LogP contribution in [0.1, 0.15) is 30.0 Å².